The molecule has 0 aliphatic carbocycles. The van der Waals surface area contributed by atoms with E-state index in [4.69, 9.17) is 9.47 Å². The van der Waals surface area contributed by atoms with E-state index in [1.807, 2.05) is 4.90 Å². The molecule has 8 heteroatoms. The van der Waals surface area contributed by atoms with E-state index in [0.717, 1.165) is 43.5 Å². The van der Waals surface area contributed by atoms with Crippen LogP contribution in [0.4, 0.5) is 5.95 Å². The lowest BCUT2D eigenvalue weighted by atomic mass is 10.1. The van der Waals surface area contributed by atoms with E-state index in [9.17, 15) is 4.79 Å². The highest BCUT2D eigenvalue weighted by Gasteiger charge is 2.31. The molecule has 0 saturated carbocycles. The zero-order valence-electron chi connectivity index (χ0n) is 13.1. The maximum atomic E-state index is 12.4. The quantitative estimate of drug-likeness (QED) is 0.844. The molecule has 0 aromatic carbocycles. The number of aromatic nitrogens is 2. The molecule has 0 bridgehead atoms. The molecule has 1 atom stereocenters. The Labute approximate surface area is 143 Å². The molecular weight excluding hydrogens is 364 g/mol. The zero-order chi connectivity index (χ0) is 16.2. The Balaban J connectivity index is 1.58. The number of rotatable bonds is 4. The summed E-state index contributed by atoms with van der Waals surface area (Å²) in [7, 11) is 1.57. The zero-order valence-corrected chi connectivity index (χ0v) is 14.7. The molecule has 1 N–H and O–H groups in total. The normalized spacial score (nSPS) is 22.2. The van der Waals surface area contributed by atoms with Gasteiger partial charge in [0.2, 0.25) is 17.7 Å². The van der Waals surface area contributed by atoms with Crippen molar-refractivity contribution in [1.82, 2.24) is 15.3 Å². The van der Waals surface area contributed by atoms with Gasteiger partial charge in [-0.2, -0.15) is 4.98 Å². The molecule has 1 unspecified atom stereocenters. The summed E-state index contributed by atoms with van der Waals surface area (Å²) in [5.74, 6) is 1.22. The van der Waals surface area contributed by atoms with Crippen LogP contribution in [-0.4, -0.2) is 55.3 Å². The number of nitrogens with one attached hydrogen (secondary N) is 1. The first-order chi connectivity index (χ1) is 11.2. The maximum absolute atomic E-state index is 12.4. The topological polar surface area (TPSA) is 76.6 Å². The summed E-state index contributed by atoms with van der Waals surface area (Å²) < 4.78 is 11.2. The third kappa shape index (κ3) is 3.92. The summed E-state index contributed by atoms with van der Waals surface area (Å²) in [5.41, 5.74) is 0. The van der Waals surface area contributed by atoms with Gasteiger partial charge < -0.3 is 19.7 Å². The average molecular weight is 385 g/mol. The summed E-state index contributed by atoms with van der Waals surface area (Å²) >= 11 is 3.35. The van der Waals surface area contributed by atoms with Crippen molar-refractivity contribution < 1.29 is 14.3 Å². The van der Waals surface area contributed by atoms with Gasteiger partial charge in [0.25, 0.3) is 0 Å². The van der Waals surface area contributed by atoms with E-state index in [2.05, 4.69) is 31.2 Å². The number of carbonyl (C=O) groups is 1. The van der Waals surface area contributed by atoms with Crippen LogP contribution < -0.4 is 15.0 Å². The van der Waals surface area contributed by atoms with Crippen molar-refractivity contribution in [2.75, 3.05) is 38.3 Å². The third-order valence-electron chi connectivity index (χ3n) is 4.30. The molecule has 3 heterocycles. The standard InChI is InChI=1S/C15H21BrN4O3/c1-22-14-12(16)8-17-15(19-14)20-5-2-10(9-20)13(21)18-11-3-6-23-7-4-11/h8,10-11H,2-7,9H2,1H3,(H,18,21). The number of hydrogen-bond acceptors (Lipinski definition) is 6. The Morgan fingerprint density at radius 3 is 2.96 bits per heavy atom. The van der Waals surface area contributed by atoms with Gasteiger partial charge in [-0.25, -0.2) is 4.98 Å². The molecule has 2 saturated heterocycles. The van der Waals surface area contributed by atoms with Crippen LogP contribution in [0.15, 0.2) is 10.7 Å². The fourth-order valence-electron chi connectivity index (χ4n) is 2.96. The van der Waals surface area contributed by atoms with Gasteiger partial charge in [-0.1, -0.05) is 0 Å². The minimum atomic E-state index is -0.0175. The third-order valence-corrected chi connectivity index (χ3v) is 4.85. The van der Waals surface area contributed by atoms with Crippen LogP contribution in [0.2, 0.25) is 0 Å². The summed E-state index contributed by atoms with van der Waals surface area (Å²) in [5, 5.41) is 3.15. The first-order valence-electron chi connectivity index (χ1n) is 7.87. The Bertz CT molecular complexity index is 566. The van der Waals surface area contributed by atoms with Gasteiger partial charge in [-0.3, -0.25) is 4.79 Å². The first-order valence-corrected chi connectivity index (χ1v) is 8.66. The lowest BCUT2D eigenvalue weighted by molar-refractivity contribution is -0.125. The predicted molar refractivity (Wildman–Crippen MR) is 88.6 cm³/mol. The highest BCUT2D eigenvalue weighted by atomic mass is 79.9. The highest BCUT2D eigenvalue weighted by Crippen LogP contribution is 2.26. The average Bonchev–Trinajstić information content (AvgIpc) is 3.06. The van der Waals surface area contributed by atoms with Crippen LogP contribution in [-0.2, 0) is 9.53 Å². The van der Waals surface area contributed by atoms with Crippen molar-refractivity contribution in [2.24, 2.45) is 5.92 Å². The van der Waals surface area contributed by atoms with Gasteiger partial charge in [0, 0.05) is 32.3 Å². The van der Waals surface area contributed by atoms with Crippen molar-refractivity contribution >= 4 is 27.8 Å². The van der Waals surface area contributed by atoms with Gasteiger partial charge in [0.1, 0.15) is 0 Å². The largest absolute Gasteiger partial charge is 0.480 e. The Morgan fingerprint density at radius 1 is 1.43 bits per heavy atom. The summed E-state index contributed by atoms with van der Waals surface area (Å²) in [4.78, 5) is 23.1. The predicted octanol–water partition coefficient (Wildman–Crippen LogP) is 1.37. The Morgan fingerprint density at radius 2 is 2.22 bits per heavy atom. The fourth-order valence-corrected chi connectivity index (χ4v) is 3.31. The van der Waals surface area contributed by atoms with Crippen molar-refractivity contribution in [1.29, 1.82) is 0 Å². The molecule has 126 valence electrons. The lowest BCUT2D eigenvalue weighted by Gasteiger charge is -2.24. The summed E-state index contributed by atoms with van der Waals surface area (Å²) in [6.07, 6.45) is 4.29. The molecular formula is C15H21BrN4O3. The van der Waals surface area contributed by atoms with E-state index in [1.54, 1.807) is 13.3 Å². The molecule has 1 aromatic heterocycles. The highest BCUT2D eigenvalue weighted by molar-refractivity contribution is 9.10. The number of carbonyl (C=O) groups excluding carboxylic acids is 1. The monoisotopic (exact) mass is 384 g/mol. The van der Waals surface area contributed by atoms with E-state index < -0.39 is 0 Å². The summed E-state index contributed by atoms with van der Waals surface area (Å²) in [6, 6.07) is 0.245. The van der Waals surface area contributed by atoms with E-state index in [0.29, 0.717) is 18.4 Å². The molecule has 2 aliphatic rings. The van der Waals surface area contributed by atoms with Gasteiger partial charge in [0.05, 0.1) is 23.7 Å². The van der Waals surface area contributed by atoms with Crippen molar-refractivity contribution in [3.05, 3.63) is 10.7 Å². The molecule has 1 aromatic rings. The number of halogens is 1. The fraction of sp³-hybridized carbons (Fsp3) is 0.667. The molecule has 2 fully saturated rings. The number of hydrogen-bond donors (Lipinski definition) is 1. The van der Waals surface area contributed by atoms with Crippen LogP contribution in [0.1, 0.15) is 19.3 Å². The number of anilines is 1. The molecule has 7 nitrogen and oxygen atoms in total. The molecule has 3 rings (SSSR count). The Hall–Kier alpha value is -1.41. The second kappa shape index (κ2) is 7.44. The van der Waals surface area contributed by atoms with Gasteiger partial charge >= 0.3 is 0 Å². The van der Waals surface area contributed by atoms with Crippen LogP contribution in [0.5, 0.6) is 5.88 Å². The lowest BCUT2D eigenvalue weighted by Crippen LogP contribution is -2.42. The number of amides is 1. The van der Waals surface area contributed by atoms with Crippen LogP contribution in [0.25, 0.3) is 0 Å². The molecule has 2 aliphatic heterocycles. The Kier molecular flexibility index (Phi) is 5.32. The molecule has 1 amide bonds. The minimum Gasteiger partial charge on any atom is -0.480 e. The minimum absolute atomic E-state index is 0.0175. The van der Waals surface area contributed by atoms with Crippen LogP contribution in [0, 0.1) is 5.92 Å². The smallest absolute Gasteiger partial charge is 0.232 e. The van der Waals surface area contributed by atoms with Crippen LogP contribution in [0.3, 0.4) is 0 Å². The second-order valence-electron chi connectivity index (χ2n) is 5.85. The number of methoxy groups -OCH3 is 1. The van der Waals surface area contributed by atoms with Gasteiger partial charge in [-0.05, 0) is 35.2 Å². The van der Waals surface area contributed by atoms with E-state index in [1.165, 1.54) is 0 Å². The van der Waals surface area contributed by atoms with E-state index >= 15 is 0 Å². The molecule has 0 radical (unpaired) electrons. The van der Waals surface area contributed by atoms with Crippen molar-refractivity contribution in [3.63, 3.8) is 0 Å². The van der Waals surface area contributed by atoms with Gasteiger partial charge in [-0.15, -0.1) is 0 Å². The van der Waals surface area contributed by atoms with Gasteiger partial charge in [0.15, 0.2) is 0 Å². The second-order valence-corrected chi connectivity index (χ2v) is 6.71. The maximum Gasteiger partial charge on any atom is 0.232 e. The van der Waals surface area contributed by atoms with Crippen LogP contribution >= 0.6 is 15.9 Å². The first kappa shape index (κ1) is 16.4. The van der Waals surface area contributed by atoms with Crippen molar-refractivity contribution in [3.8, 4) is 5.88 Å². The molecule has 0 spiro atoms. The molecule has 23 heavy (non-hydrogen) atoms. The summed E-state index contributed by atoms with van der Waals surface area (Å²) in [6.45, 7) is 2.87. The van der Waals surface area contributed by atoms with Crippen molar-refractivity contribution in [2.45, 2.75) is 25.3 Å². The number of nitrogens with zero attached hydrogens (tertiary/aromatic N) is 3. The van der Waals surface area contributed by atoms with E-state index in [-0.39, 0.29) is 17.9 Å². The number of ether oxygens (including phenoxy) is 2. The SMILES string of the molecule is COc1nc(N2CCC(C(=O)NC3CCOCC3)C2)ncc1Br.